The smallest absolute Gasteiger partial charge is 0.131 e. The van der Waals surface area contributed by atoms with E-state index in [1.165, 1.54) is 5.56 Å². The first-order chi connectivity index (χ1) is 9.20. The van der Waals surface area contributed by atoms with Crippen molar-refractivity contribution in [2.75, 3.05) is 6.54 Å². The van der Waals surface area contributed by atoms with E-state index in [1.807, 2.05) is 24.3 Å². The van der Waals surface area contributed by atoms with Crippen LogP contribution in [0.1, 0.15) is 5.56 Å². The molecule has 1 atom stereocenters. The van der Waals surface area contributed by atoms with Gasteiger partial charge < -0.3 is 10.5 Å². The van der Waals surface area contributed by atoms with Crippen molar-refractivity contribution in [3.05, 3.63) is 52.0 Å². The first kappa shape index (κ1) is 12.8. The van der Waals surface area contributed by atoms with Gasteiger partial charge in [0.2, 0.25) is 0 Å². The predicted octanol–water partition coefficient (Wildman–Crippen LogP) is 3.92. The predicted molar refractivity (Wildman–Crippen MR) is 79.1 cm³/mol. The second-order valence-electron chi connectivity index (χ2n) is 4.57. The van der Waals surface area contributed by atoms with Gasteiger partial charge in [-0.3, -0.25) is 0 Å². The fourth-order valence-corrected chi connectivity index (χ4v) is 2.80. The molecule has 1 unspecified atom stereocenters. The summed E-state index contributed by atoms with van der Waals surface area (Å²) in [6.07, 6.45) is 0.895. The molecule has 1 aliphatic heterocycles. The van der Waals surface area contributed by atoms with Crippen LogP contribution in [0.15, 0.2) is 36.4 Å². The van der Waals surface area contributed by atoms with Crippen molar-refractivity contribution in [1.29, 1.82) is 0 Å². The van der Waals surface area contributed by atoms with E-state index in [4.69, 9.17) is 33.7 Å². The number of nitrogens with two attached hydrogens (primary N) is 1. The van der Waals surface area contributed by atoms with Crippen molar-refractivity contribution in [2.45, 2.75) is 12.5 Å². The molecule has 0 aliphatic carbocycles. The lowest BCUT2D eigenvalue weighted by Gasteiger charge is -2.12. The van der Waals surface area contributed by atoms with Crippen LogP contribution in [0.2, 0.25) is 10.0 Å². The standard InChI is InChI=1S/C15H13Cl2NO/c16-13-6-2-4-11(14(13)17)12-5-1-3-9-7-10(8-18)19-15(9)12/h1-6,10H,7-8,18H2. The molecule has 0 saturated carbocycles. The summed E-state index contributed by atoms with van der Waals surface area (Å²) in [6, 6.07) is 11.7. The summed E-state index contributed by atoms with van der Waals surface area (Å²) in [5.41, 5.74) is 8.72. The van der Waals surface area contributed by atoms with Gasteiger partial charge in [0.15, 0.2) is 0 Å². The second-order valence-corrected chi connectivity index (χ2v) is 5.36. The third-order valence-electron chi connectivity index (χ3n) is 3.33. The van der Waals surface area contributed by atoms with Crippen LogP contribution in [0.5, 0.6) is 5.75 Å². The SMILES string of the molecule is NCC1Cc2cccc(-c3cccc(Cl)c3Cl)c2O1. The summed E-state index contributed by atoms with van der Waals surface area (Å²) in [7, 11) is 0. The molecule has 4 heteroatoms. The van der Waals surface area contributed by atoms with Crippen molar-refractivity contribution in [2.24, 2.45) is 5.73 Å². The lowest BCUT2D eigenvalue weighted by molar-refractivity contribution is 0.242. The van der Waals surface area contributed by atoms with Crippen LogP contribution in [0.4, 0.5) is 0 Å². The highest BCUT2D eigenvalue weighted by atomic mass is 35.5. The van der Waals surface area contributed by atoms with E-state index >= 15 is 0 Å². The quantitative estimate of drug-likeness (QED) is 0.911. The maximum Gasteiger partial charge on any atom is 0.131 e. The van der Waals surface area contributed by atoms with Gasteiger partial charge >= 0.3 is 0 Å². The Morgan fingerprint density at radius 2 is 1.84 bits per heavy atom. The third-order valence-corrected chi connectivity index (χ3v) is 4.15. The second kappa shape index (κ2) is 5.04. The molecule has 2 aromatic carbocycles. The van der Waals surface area contributed by atoms with E-state index in [0.29, 0.717) is 16.6 Å². The number of hydrogen-bond donors (Lipinski definition) is 1. The fourth-order valence-electron chi connectivity index (χ4n) is 2.39. The molecule has 2 aromatic rings. The van der Waals surface area contributed by atoms with Crippen LogP contribution < -0.4 is 10.5 Å². The molecule has 0 aromatic heterocycles. The van der Waals surface area contributed by atoms with Gasteiger partial charge in [0.1, 0.15) is 11.9 Å². The van der Waals surface area contributed by atoms with E-state index in [2.05, 4.69) is 6.07 Å². The normalized spacial score (nSPS) is 17.1. The van der Waals surface area contributed by atoms with Gasteiger partial charge in [-0.15, -0.1) is 0 Å². The van der Waals surface area contributed by atoms with Crippen LogP contribution >= 0.6 is 23.2 Å². The van der Waals surface area contributed by atoms with Crippen molar-refractivity contribution < 1.29 is 4.74 Å². The summed E-state index contributed by atoms with van der Waals surface area (Å²) in [6.45, 7) is 0.511. The van der Waals surface area contributed by atoms with Crippen LogP contribution in [0, 0.1) is 0 Å². The van der Waals surface area contributed by atoms with E-state index in [0.717, 1.165) is 23.3 Å². The molecule has 3 rings (SSSR count). The van der Waals surface area contributed by atoms with Gasteiger partial charge in [0, 0.05) is 24.1 Å². The minimum atomic E-state index is 0.0501. The maximum absolute atomic E-state index is 6.29. The summed E-state index contributed by atoms with van der Waals surface area (Å²) in [4.78, 5) is 0. The lowest BCUT2D eigenvalue weighted by Crippen LogP contribution is -2.24. The largest absolute Gasteiger partial charge is 0.488 e. The number of para-hydroxylation sites is 1. The van der Waals surface area contributed by atoms with Crippen LogP contribution in [-0.4, -0.2) is 12.6 Å². The molecule has 0 amide bonds. The van der Waals surface area contributed by atoms with Gasteiger partial charge in [-0.25, -0.2) is 0 Å². The average Bonchev–Trinajstić information content (AvgIpc) is 2.85. The molecule has 0 spiro atoms. The molecule has 1 aliphatic rings. The summed E-state index contributed by atoms with van der Waals surface area (Å²) < 4.78 is 5.91. The zero-order valence-corrected chi connectivity index (χ0v) is 11.7. The number of rotatable bonds is 2. The molecule has 0 saturated heterocycles. The molecule has 98 valence electrons. The molecule has 2 N–H and O–H groups in total. The molecule has 19 heavy (non-hydrogen) atoms. The monoisotopic (exact) mass is 293 g/mol. The third kappa shape index (κ3) is 2.20. The molecule has 0 radical (unpaired) electrons. The Kier molecular flexibility index (Phi) is 3.40. The number of ether oxygens (including phenoxy) is 1. The van der Waals surface area contributed by atoms with Crippen molar-refractivity contribution >= 4 is 23.2 Å². The van der Waals surface area contributed by atoms with Crippen molar-refractivity contribution in [1.82, 2.24) is 0 Å². The number of fused-ring (bicyclic) bond motifs is 1. The van der Waals surface area contributed by atoms with E-state index in [1.54, 1.807) is 6.07 Å². The Bertz CT molecular complexity index is 628. The Morgan fingerprint density at radius 3 is 2.63 bits per heavy atom. The zero-order chi connectivity index (χ0) is 13.4. The van der Waals surface area contributed by atoms with E-state index < -0.39 is 0 Å². The number of benzene rings is 2. The summed E-state index contributed by atoms with van der Waals surface area (Å²) in [5, 5.41) is 1.10. The maximum atomic E-state index is 6.29. The Balaban J connectivity index is 2.13. The first-order valence-electron chi connectivity index (χ1n) is 6.13. The van der Waals surface area contributed by atoms with Crippen LogP contribution in [0.3, 0.4) is 0 Å². The van der Waals surface area contributed by atoms with Gasteiger partial charge in [0.05, 0.1) is 10.0 Å². The molecule has 0 fully saturated rings. The highest BCUT2D eigenvalue weighted by molar-refractivity contribution is 6.43. The van der Waals surface area contributed by atoms with Crippen LogP contribution in [-0.2, 0) is 6.42 Å². The highest BCUT2D eigenvalue weighted by Crippen LogP contribution is 2.42. The molecule has 1 heterocycles. The molecule has 0 bridgehead atoms. The topological polar surface area (TPSA) is 35.2 Å². The Labute approximate surface area is 122 Å². The van der Waals surface area contributed by atoms with Gasteiger partial charge in [-0.1, -0.05) is 53.5 Å². The zero-order valence-electron chi connectivity index (χ0n) is 10.2. The number of hydrogen-bond acceptors (Lipinski definition) is 2. The highest BCUT2D eigenvalue weighted by Gasteiger charge is 2.25. The minimum absolute atomic E-state index is 0.0501. The first-order valence-corrected chi connectivity index (χ1v) is 6.89. The van der Waals surface area contributed by atoms with Gasteiger partial charge in [-0.2, -0.15) is 0 Å². The molecule has 2 nitrogen and oxygen atoms in total. The van der Waals surface area contributed by atoms with Crippen molar-refractivity contribution in [3.8, 4) is 16.9 Å². The molecular weight excluding hydrogens is 281 g/mol. The van der Waals surface area contributed by atoms with E-state index in [9.17, 15) is 0 Å². The van der Waals surface area contributed by atoms with E-state index in [-0.39, 0.29) is 6.10 Å². The van der Waals surface area contributed by atoms with Gasteiger partial charge in [0.25, 0.3) is 0 Å². The Morgan fingerprint density at radius 1 is 1.11 bits per heavy atom. The summed E-state index contributed by atoms with van der Waals surface area (Å²) >= 11 is 12.4. The van der Waals surface area contributed by atoms with Crippen LogP contribution in [0.25, 0.3) is 11.1 Å². The number of halogens is 2. The average molecular weight is 294 g/mol. The lowest BCUT2D eigenvalue weighted by atomic mass is 10.0. The fraction of sp³-hybridized carbons (Fsp3) is 0.200. The van der Waals surface area contributed by atoms with Crippen molar-refractivity contribution in [3.63, 3.8) is 0 Å². The van der Waals surface area contributed by atoms with Gasteiger partial charge in [-0.05, 0) is 11.6 Å². The summed E-state index contributed by atoms with van der Waals surface area (Å²) in [5.74, 6) is 0.877. The minimum Gasteiger partial charge on any atom is -0.488 e. The Hall–Kier alpha value is -1.22. The molecular formula is C15H13Cl2NO.